The molecular formula is C7H25N3Si3. The molecule has 0 aliphatic heterocycles. The van der Waals surface area contributed by atoms with Crippen molar-refractivity contribution >= 4 is 27.9 Å². The molecule has 13 heavy (non-hydrogen) atoms. The molecule has 0 heterocycles. The first kappa shape index (κ1) is 13.5. The topological polar surface area (TPSA) is 9.72 Å². The van der Waals surface area contributed by atoms with Gasteiger partial charge in [0.15, 0.2) is 18.2 Å². The molecule has 0 aliphatic rings. The molecule has 0 aromatic heterocycles. The monoisotopic (exact) mass is 235 g/mol. The van der Waals surface area contributed by atoms with Crippen molar-refractivity contribution in [3.05, 3.63) is 0 Å². The minimum atomic E-state index is -0.756. The summed E-state index contributed by atoms with van der Waals surface area (Å²) in [4.78, 5) is 0. The molecule has 0 N–H and O–H groups in total. The highest BCUT2D eigenvalue weighted by Gasteiger charge is 2.23. The molecule has 0 saturated carbocycles. The van der Waals surface area contributed by atoms with E-state index in [0.717, 1.165) is 0 Å². The van der Waals surface area contributed by atoms with E-state index in [2.05, 4.69) is 60.9 Å². The summed E-state index contributed by atoms with van der Waals surface area (Å²) in [5.74, 6) is 0. The van der Waals surface area contributed by atoms with E-state index < -0.39 is 18.2 Å². The van der Waals surface area contributed by atoms with Crippen molar-refractivity contribution in [3.63, 3.8) is 0 Å². The van der Waals surface area contributed by atoms with Crippen LogP contribution in [0.4, 0.5) is 0 Å². The first-order chi connectivity index (χ1) is 5.91. The Hall–Kier alpha value is 0.531. The Balaban J connectivity index is 4.31. The summed E-state index contributed by atoms with van der Waals surface area (Å²) in [7, 11) is 7.42. The van der Waals surface area contributed by atoms with Crippen LogP contribution in [-0.2, 0) is 0 Å². The molecule has 0 rings (SSSR count). The van der Waals surface area contributed by atoms with Crippen LogP contribution in [0.5, 0.6) is 0 Å². The Morgan fingerprint density at radius 1 is 0.846 bits per heavy atom. The summed E-state index contributed by atoms with van der Waals surface area (Å²) in [5.41, 5.74) is 0. The molecule has 0 amide bonds. The van der Waals surface area contributed by atoms with Gasteiger partial charge in [-0.05, 0) is 41.3 Å². The highest BCUT2D eigenvalue weighted by atomic mass is 28.4. The molecule has 0 bridgehead atoms. The van der Waals surface area contributed by atoms with E-state index in [-0.39, 0.29) is 9.68 Å². The van der Waals surface area contributed by atoms with Crippen molar-refractivity contribution in [3.8, 4) is 0 Å². The number of hydrogen-bond donors (Lipinski definition) is 0. The van der Waals surface area contributed by atoms with E-state index in [0.29, 0.717) is 0 Å². The molecule has 3 nitrogen and oxygen atoms in total. The highest BCUT2D eigenvalue weighted by molar-refractivity contribution is 6.78. The summed E-state index contributed by atoms with van der Waals surface area (Å²) in [6.07, 6.45) is 0. The van der Waals surface area contributed by atoms with Crippen molar-refractivity contribution in [1.29, 1.82) is 0 Å². The van der Waals surface area contributed by atoms with Gasteiger partial charge in [-0.15, -0.1) is 0 Å². The van der Waals surface area contributed by atoms with Gasteiger partial charge in [0.05, 0.1) is 9.68 Å². The summed E-state index contributed by atoms with van der Waals surface area (Å²) in [5, 5.41) is 0. The maximum atomic E-state index is 2.88. The van der Waals surface area contributed by atoms with Crippen LogP contribution in [0.1, 0.15) is 0 Å². The third-order valence-electron chi connectivity index (χ3n) is 2.82. The lowest BCUT2D eigenvalue weighted by Gasteiger charge is -2.38. The van der Waals surface area contributed by atoms with Crippen molar-refractivity contribution < 1.29 is 0 Å². The van der Waals surface area contributed by atoms with E-state index in [1.807, 2.05) is 0 Å². The molecule has 2 unspecified atom stereocenters. The summed E-state index contributed by atoms with van der Waals surface area (Å²) < 4.78 is 7.77. The molecule has 0 spiro atoms. The number of nitrogens with zero attached hydrogens (tertiary/aromatic N) is 3. The fourth-order valence-electron chi connectivity index (χ4n) is 1.43. The van der Waals surface area contributed by atoms with Crippen LogP contribution in [-0.4, -0.2) is 69.1 Å². The SMILES string of the molecule is C[SiH2]N([SiH](C)N(C)C)[SiH](C)N(C)C. The molecule has 0 aromatic rings. The zero-order valence-corrected chi connectivity index (χ0v) is 13.9. The van der Waals surface area contributed by atoms with E-state index in [1.54, 1.807) is 0 Å². The molecule has 2 atom stereocenters. The van der Waals surface area contributed by atoms with Crippen LogP contribution < -0.4 is 0 Å². The fraction of sp³-hybridized carbons (Fsp3) is 1.00. The average Bonchev–Trinajstić information content (AvgIpc) is 2.04. The molecule has 0 radical (unpaired) electrons. The van der Waals surface area contributed by atoms with Crippen LogP contribution in [0.25, 0.3) is 0 Å². The lowest BCUT2D eigenvalue weighted by atomic mass is 11.3. The van der Waals surface area contributed by atoms with Gasteiger partial charge >= 0.3 is 0 Å². The van der Waals surface area contributed by atoms with Crippen molar-refractivity contribution in [1.82, 2.24) is 13.0 Å². The predicted octanol–water partition coefficient (Wildman–Crippen LogP) is -0.756. The maximum absolute atomic E-state index is 2.88. The number of hydrogen-bond acceptors (Lipinski definition) is 3. The predicted molar refractivity (Wildman–Crippen MR) is 69.6 cm³/mol. The van der Waals surface area contributed by atoms with Crippen LogP contribution in [0, 0.1) is 0 Å². The quantitative estimate of drug-likeness (QED) is 0.581. The zero-order chi connectivity index (χ0) is 10.6. The largest absolute Gasteiger partial charge is 0.354 e. The molecule has 0 aliphatic carbocycles. The van der Waals surface area contributed by atoms with Crippen LogP contribution >= 0.6 is 0 Å². The zero-order valence-electron chi connectivity index (χ0n) is 10.2. The third kappa shape index (κ3) is 4.05. The van der Waals surface area contributed by atoms with Gasteiger partial charge in [-0.2, -0.15) is 0 Å². The summed E-state index contributed by atoms with van der Waals surface area (Å²) in [6, 6.07) is 0. The van der Waals surface area contributed by atoms with Crippen LogP contribution in [0.2, 0.25) is 19.6 Å². The molecule has 0 aromatic carbocycles. The molecular weight excluding hydrogens is 210 g/mol. The fourth-order valence-corrected chi connectivity index (χ4v) is 12.9. The van der Waals surface area contributed by atoms with Crippen molar-refractivity contribution in [2.24, 2.45) is 0 Å². The summed E-state index contributed by atoms with van der Waals surface area (Å²) >= 11 is 0. The van der Waals surface area contributed by atoms with Crippen LogP contribution in [0.15, 0.2) is 0 Å². The minimum absolute atomic E-state index is 0.0209. The molecule has 0 fully saturated rings. The second-order valence-corrected chi connectivity index (χ2v) is 13.4. The third-order valence-corrected chi connectivity index (χ3v) is 16.4. The molecule has 0 saturated heterocycles. The van der Waals surface area contributed by atoms with Gasteiger partial charge in [-0.3, -0.25) is 0 Å². The number of rotatable bonds is 5. The standard InChI is InChI=1S/C7H25N3Si3/c1-8(2)12(6)10(11-5)13(7)9(3)4/h12-13H,11H2,1-7H3. The molecule has 80 valence electrons. The van der Waals surface area contributed by atoms with Gasteiger partial charge in [-0.1, -0.05) is 6.55 Å². The van der Waals surface area contributed by atoms with E-state index in [1.165, 1.54) is 0 Å². The lowest BCUT2D eigenvalue weighted by Crippen LogP contribution is -2.59. The van der Waals surface area contributed by atoms with E-state index in [4.69, 9.17) is 0 Å². The Kier molecular flexibility index (Phi) is 6.35. The van der Waals surface area contributed by atoms with Crippen molar-refractivity contribution in [2.75, 3.05) is 28.2 Å². The minimum Gasteiger partial charge on any atom is -0.354 e. The summed E-state index contributed by atoms with van der Waals surface area (Å²) in [6.45, 7) is 7.31. The van der Waals surface area contributed by atoms with E-state index >= 15 is 0 Å². The van der Waals surface area contributed by atoms with Gasteiger partial charge in [-0.25, -0.2) is 0 Å². The van der Waals surface area contributed by atoms with Crippen LogP contribution in [0.3, 0.4) is 0 Å². The van der Waals surface area contributed by atoms with Crippen molar-refractivity contribution in [2.45, 2.75) is 19.6 Å². The first-order valence-electron chi connectivity index (χ1n) is 5.00. The highest BCUT2D eigenvalue weighted by Crippen LogP contribution is 2.01. The Bertz CT molecular complexity index is 129. The van der Waals surface area contributed by atoms with Gasteiger partial charge in [0.25, 0.3) is 0 Å². The van der Waals surface area contributed by atoms with Gasteiger partial charge in [0, 0.05) is 0 Å². The van der Waals surface area contributed by atoms with Gasteiger partial charge < -0.3 is 13.0 Å². The Morgan fingerprint density at radius 3 is 1.31 bits per heavy atom. The first-order valence-corrected chi connectivity index (χ1v) is 11.4. The maximum Gasteiger partial charge on any atom is 0.173 e. The Morgan fingerprint density at radius 2 is 1.15 bits per heavy atom. The lowest BCUT2D eigenvalue weighted by molar-refractivity contribution is 0.570. The van der Waals surface area contributed by atoms with E-state index in [9.17, 15) is 0 Å². The van der Waals surface area contributed by atoms with Gasteiger partial charge in [0.1, 0.15) is 0 Å². The second kappa shape index (κ2) is 6.10. The Labute approximate surface area is 89.1 Å². The average molecular weight is 236 g/mol. The van der Waals surface area contributed by atoms with Gasteiger partial charge in [0.2, 0.25) is 0 Å². The smallest absolute Gasteiger partial charge is 0.173 e. The normalized spacial score (nSPS) is 18.0. The second-order valence-electron chi connectivity index (χ2n) is 4.02. The molecule has 6 heteroatoms.